The summed E-state index contributed by atoms with van der Waals surface area (Å²) in [6.07, 6.45) is 0. The minimum atomic E-state index is 0.142. The van der Waals surface area contributed by atoms with Gasteiger partial charge in [-0.25, -0.2) is 0 Å². The number of nitrogens with one attached hydrogen (secondary N) is 1. The van der Waals surface area contributed by atoms with Crippen LogP contribution >= 0.6 is 0 Å². The number of hydrogen-bond acceptors (Lipinski definition) is 1. The number of aryl methyl sites for hydroxylation is 5. The number of hydrogen-bond donors (Lipinski definition) is 1. The van der Waals surface area contributed by atoms with Gasteiger partial charge in [0.15, 0.2) is 0 Å². The molecular formula is C32H35N. The van der Waals surface area contributed by atoms with Crippen LogP contribution in [0, 0.1) is 34.6 Å². The van der Waals surface area contributed by atoms with E-state index < -0.39 is 0 Å². The highest BCUT2D eigenvalue weighted by Crippen LogP contribution is 2.48. The summed E-state index contributed by atoms with van der Waals surface area (Å²) in [4.78, 5) is 0. The Morgan fingerprint density at radius 3 is 1.48 bits per heavy atom. The maximum absolute atomic E-state index is 3.40. The second kappa shape index (κ2) is 8.90. The first kappa shape index (κ1) is 22.9. The van der Waals surface area contributed by atoms with Gasteiger partial charge in [-0.05, 0) is 92.3 Å². The van der Waals surface area contributed by atoms with Gasteiger partial charge in [-0.2, -0.15) is 0 Å². The first-order valence-corrected chi connectivity index (χ1v) is 11.8. The van der Waals surface area contributed by atoms with E-state index in [0.717, 1.165) is 11.4 Å². The fourth-order valence-electron chi connectivity index (χ4n) is 4.59. The molecule has 0 spiro atoms. The lowest BCUT2D eigenvalue weighted by atomic mass is 9.81. The van der Waals surface area contributed by atoms with Crippen molar-refractivity contribution in [3.8, 4) is 11.1 Å². The van der Waals surface area contributed by atoms with Gasteiger partial charge in [-0.1, -0.05) is 85.1 Å². The highest BCUT2D eigenvalue weighted by atomic mass is 14.9. The highest BCUT2D eigenvalue weighted by molar-refractivity contribution is 5.81. The molecule has 0 bridgehead atoms. The third-order valence-electron chi connectivity index (χ3n) is 6.83. The van der Waals surface area contributed by atoms with Gasteiger partial charge < -0.3 is 5.32 Å². The van der Waals surface area contributed by atoms with Gasteiger partial charge in [0.25, 0.3) is 0 Å². The molecule has 0 unspecified atom stereocenters. The van der Waals surface area contributed by atoms with Crippen molar-refractivity contribution in [2.45, 2.75) is 53.9 Å². The third-order valence-corrected chi connectivity index (χ3v) is 6.83. The quantitative estimate of drug-likeness (QED) is 0.332. The second-order valence-electron chi connectivity index (χ2n) is 10.0. The van der Waals surface area contributed by atoms with Crippen molar-refractivity contribution in [1.82, 2.24) is 0 Å². The Hall–Kier alpha value is -3.32. The average Bonchev–Trinajstić information content (AvgIpc) is 2.99. The summed E-state index contributed by atoms with van der Waals surface area (Å²) in [5, 5.41) is 3.40. The fraction of sp³-hybridized carbons (Fsp3) is 0.250. The molecule has 4 aromatic rings. The molecule has 0 radical (unpaired) electrons. The van der Waals surface area contributed by atoms with E-state index in [4.69, 9.17) is 0 Å². The van der Waals surface area contributed by atoms with Gasteiger partial charge in [-0.3, -0.25) is 0 Å². The Balaban J connectivity index is 0.000000157. The molecule has 1 N–H and O–H groups in total. The molecule has 0 saturated carbocycles. The van der Waals surface area contributed by atoms with E-state index in [2.05, 4.69) is 133 Å². The van der Waals surface area contributed by atoms with Crippen molar-refractivity contribution in [2.75, 3.05) is 5.32 Å². The van der Waals surface area contributed by atoms with Crippen LogP contribution in [0.25, 0.3) is 11.1 Å². The van der Waals surface area contributed by atoms with Crippen LogP contribution in [0.4, 0.5) is 11.4 Å². The molecule has 5 rings (SSSR count). The standard InChI is InChI=1S/C17H18.C15H17N/c1-11-5-7-13-14-8-6-12(2)10-16(14)17(3,4)15(13)9-11;1-11-4-7-14(8-5-11)16-15-9-6-12(2)13(3)10-15/h5-10H,1-4H3;4-10,16H,1-3H3. The van der Waals surface area contributed by atoms with Crippen molar-refractivity contribution in [3.05, 3.63) is 118 Å². The van der Waals surface area contributed by atoms with E-state index in [-0.39, 0.29) is 5.41 Å². The summed E-state index contributed by atoms with van der Waals surface area (Å²) in [5.41, 5.74) is 14.8. The van der Waals surface area contributed by atoms with Crippen LogP contribution in [0.5, 0.6) is 0 Å². The molecular weight excluding hydrogens is 398 g/mol. The van der Waals surface area contributed by atoms with E-state index in [1.807, 2.05) is 0 Å². The summed E-state index contributed by atoms with van der Waals surface area (Å²) in [7, 11) is 0. The average molecular weight is 434 g/mol. The van der Waals surface area contributed by atoms with Crippen LogP contribution in [0.2, 0.25) is 0 Å². The monoisotopic (exact) mass is 433 g/mol. The predicted molar refractivity (Wildman–Crippen MR) is 144 cm³/mol. The zero-order valence-corrected chi connectivity index (χ0v) is 21.0. The van der Waals surface area contributed by atoms with Gasteiger partial charge >= 0.3 is 0 Å². The topological polar surface area (TPSA) is 12.0 Å². The van der Waals surface area contributed by atoms with Crippen molar-refractivity contribution in [2.24, 2.45) is 0 Å². The number of rotatable bonds is 2. The SMILES string of the molecule is Cc1ccc(Nc2ccc(C)c(C)c2)cc1.Cc1ccc2c(c1)C(C)(C)c1cc(C)ccc1-2. The zero-order valence-electron chi connectivity index (χ0n) is 21.0. The minimum absolute atomic E-state index is 0.142. The van der Waals surface area contributed by atoms with Crippen LogP contribution < -0.4 is 5.32 Å². The van der Waals surface area contributed by atoms with E-state index in [1.54, 1.807) is 0 Å². The molecule has 0 fully saturated rings. The van der Waals surface area contributed by atoms with Crippen LogP contribution in [-0.4, -0.2) is 0 Å². The highest BCUT2D eigenvalue weighted by Gasteiger charge is 2.35. The Labute approximate surface area is 199 Å². The summed E-state index contributed by atoms with van der Waals surface area (Å²) in [6, 6.07) is 28.5. The molecule has 168 valence electrons. The molecule has 1 aliphatic rings. The van der Waals surface area contributed by atoms with Crippen LogP contribution in [0.3, 0.4) is 0 Å². The Bertz CT molecular complexity index is 1240. The Morgan fingerprint density at radius 1 is 0.485 bits per heavy atom. The first-order chi connectivity index (χ1) is 15.6. The fourth-order valence-corrected chi connectivity index (χ4v) is 4.59. The van der Waals surface area contributed by atoms with Crippen LogP contribution in [0.1, 0.15) is 52.8 Å². The summed E-state index contributed by atoms with van der Waals surface area (Å²) < 4.78 is 0. The molecule has 0 atom stereocenters. The zero-order chi connectivity index (χ0) is 23.8. The Morgan fingerprint density at radius 2 is 0.970 bits per heavy atom. The van der Waals surface area contributed by atoms with Crippen LogP contribution in [0.15, 0.2) is 78.9 Å². The molecule has 0 aliphatic heterocycles. The van der Waals surface area contributed by atoms with Crippen molar-refractivity contribution in [3.63, 3.8) is 0 Å². The Kier molecular flexibility index (Phi) is 6.17. The van der Waals surface area contributed by atoms with E-state index in [0.29, 0.717) is 0 Å². The molecule has 0 saturated heterocycles. The van der Waals surface area contributed by atoms with Crippen LogP contribution in [-0.2, 0) is 5.41 Å². The summed E-state index contributed by atoms with van der Waals surface area (Å²) >= 11 is 0. The minimum Gasteiger partial charge on any atom is -0.356 e. The van der Waals surface area contributed by atoms with E-state index in [9.17, 15) is 0 Å². The lowest BCUT2D eigenvalue weighted by Gasteiger charge is -2.22. The smallest absolute Gasteiger partial charge is 0.0387 e. The molecule has 1 heteroatoms. The second-order valence-corrected chi connectivity index (χ2v) is 10.0. The number of fused-ring (bicyclic) bond motifs is 3. The van der Waals surface area contributed by atoms with E-state index >= 15 is 0 Å². The summed E-state index contributed by atoms with van der Waals surface area (Å²) in [6.45, 7) is 15.4. The van der Waals surface area contributed by atoms with Gasteiger partial charge in [0.2, 0.25) is 0 Å². The molecule has 0 amide bonds. The summed E-state index contributed by atoms with van der Waals surface area (Å²) in [5.74, 6) is 0. The van der Waals surface area contributed by atoms with Gasteiger partial charge in [-0.15, -0.1) is 0 Å². The van der Waals surface area contributed by atoms with Gasteiger partial charge in [0.1, 0.15) is 0 Å². The molecule has 0 aromatic heterocycles. The molecule has 1 aliphatic carbocycles. The molecule has 0 heterocycles. The normalized spacial score (nSPS) is 12.9. The third kappa shape index (κ3) is 4.73. The van der Waals surface area contributed by atoms with Crippen molar-refractivity contribution >= 4 is 11.4 Å². The van der Waals surface area contributed by atoms with Gasteiger partial charge in [0.05, 0.1) is 0 Å². The molecule has 4 aromatic carbocycles. The largest absolute Gasteiger partial charge is 0.356 e. The van der Waals surface area contributed by atoms with Crippen molar-refractivity contribution < 1.29 is 0 Å². The maximum atomic E-state index is 3.40. The number of benzene rings is 4. The van der Waals surface area contributed by atoms with Crippen molar-refractivity contribution in [1.29, 1.82) is 0 Å². The molecule has 1 nitrogen and oxygen atoms in total. The lowest BCUT2D eigenvalue weighted by Crippen LogP contribution is -2.15. The lowest BCUT2D eigenvalue weighted by molar-refractivity contribution is 0.659. The van der Waals surface area contributed by atoms with Gasteiger partial charge in [0, 0.05) is 16.8 Å². The molecule has 33 heavy (non-hydrogen) atoms. The predicted octanol–water partition coefficient (Wildman–Crippen LogP) is 8.97. The number of anilines is 2. The van der Waals surface area contributed by atoms with E-state index in [1.165, 1.54) is 50.1 Å². The first-order valence-electron chi connectivity index (χ1n) is 11.8. The maximum Gasteiger partial charge on any atom is 0.0387 e.